The monoisotopic (exact) mass is 258 g/mol. The lowest BCUT2D eigenvalue weighted by molar-refractivity contribution is 1.37. The summed E-state index contributed by atoms with van der Waals surface area (Å²) in [5.74, 6) is 1.40. The quantitative estimate of drug-likeness (QED) is 0.514. The highest BCUT2D eigenvalue weighted by Gasteiger charge is 1.99. The second-order valence-electron chi connectivity index (χ2n) is 2.43. The van der Waals surface area contributed by atoms with Crippen molar-refractivity contribution in [1.29, 1.82) is 0 Å². The van der Waals surface area contributed by atoms with Crippen LogP contribution >= 0.6 is 27.7 Å². The van der Waals surface area contributed by atoms with Gasteiger partial charge in [-0.3, -0.25) is 4.99 Å². The molecule has 1 rings (SSSR count). The fourth-order valence-electron chi connectivity index (χ4n) is 0.778. The Morgan fingerprint density at radius 3 is 2.85 bits per heavy atom. The van der Waals surface area contributed by atoms with Crippen LogP contribution in [-0.2, 0) is 0 Å². The van der Waals surface area contributed by atoms with E-state index in [-0.39, 0.29) is 0 Å². The zero-order valence-electron chi connectivity index (χ0n) is 7.33. The van der Waals surface area contributed by atoms with Gasteiger partial charge in [0.2, 0.25) is 0 Å². The van der Waals surface area contributed by atoms with Gasteiger partial charge in [-0.15, -0.1) is 11.8 Å². The van der Waals surface area contributed by atoms with E-state index < -0.39 is 0 Å². The van der Waals surface area contributed by atoms with Crippen LogP contribution in [0.3, 0.4) is 0 Å². The van der Waals surface area contributed by atoms with E-state index in [0.717, 1.165) is 10.2 Å². The maximum Gasteiger partial charge on any atom is 0.104 e. The van der Waals surface area contributed by atoms with E-state index in [4.69, 9.17) is 5.73 Å². The minimum Gasteiger partial charge on any atom is -0.387 e. The Labute approximate surface area is 90.8 Å². The number of amidine groups is 1. The van der Waals surface area contributed by atoms with Crippen LogP contribution in [0.1, 0.15) is 0 Å². The lowest BCUT2D eigenvalue weighted by Gasteiger charge is -2.02. The van der Waals surface area contributed by atoms with Gasteiger partial charge in [0.1, 0.15) is 5.84 Å². The molecule has 0 spiro atoms. The van der Waals surface area contributed by atoms with Gasteiger partial charge < -0.3 is 5.73 Å². The average molecular weight is 259 g/mol. The van der Waals surface area contributed by atoms with E-state index in [2.05, 4.69) is 27.0 Å². The number of nitrogens with two attached hydrogens (primary N) is 1. The molecular weight excluding hydrogens is 248 g/mol. The summed E-state index contributed by atoms with van der Waals surface area (Å²) in [5, 5.41) is 0. The summed E-state index contributed by atoms with van der Waals surface area (Å²) in [6.07, 6.45) is 0. The number of halogens is 1. The van der Waals surface area contributed by atoms with Gasteiger partial charge in [0.05, 0.1) is 5.75 Å². The number of aliphatic imine (C=N–C) groups is 1. The van der Waals surface area contributed by atoms with Gasteiger partial charge in [-0.2, -0.15) is 0 Å². The zero-order valence-corrected chi connectivity index (χ0v) is 9.73. The van der Waals surface area contributed by atoms with Crippen molar-refractivity contribution in [1.82, 2.24) is 0 Å². The molecule has 0 aliphatic heterocycles. The molecule has 0 unspecified atom stereocenters. The van der Waals surface area contributed by atoms with Gasteiger partial charge in [0, 0.05) is 16.4 Å². The molecule has 0 radical (unpaired) electrons. The molecule has 1 aromatic rings. The Kier molecular flexibility index (Phi) is 4.32. The molecule has 0 atom stereocenters. The van der Waals surface area contributed by atoms with Crippen LogP contribution in [0.4, 0.5) is 0 Å². The van der Waals surface area contributed by atoms with E-state index in [9.17, 15) is 0 Å². The molecule has 0 fully saturated rings. The van der Waals surface area contributed by atoms with Crippen molar-refractivity contribution in [2.24, 2.45) is 10.7 Å². The molecule has 2 nitrogen and oxygen atoms in total. The molecule has 0 aliphatic carbocycles. The Morgan fingerprint density at radius 1 is 1.54 bits per heavy atom. The number of hydrogen-bond acceptors (Lipinski definition) is 2. The number of nitrogens with zero attached hydrogens (tertiary/aromatic N) is 1. The number of rotatable bonds is 3. The van der Waals surface area contributed by atoms with Crippen LogP contribution < -0.4 is 5.73 Å². The smallest absolute Gasteiger partial charge is 0.104 e. The van der Waals surface area contributed by atoms with Gasteiger partial charge in [-0.05, 0) is 28.1 Å². The summed E-state index contributed by atoms with van der Waals surface area (Å²) < 4.78 is 1.10. The van der Waals surface area contributed by atoms with E-state index in [0.29, 0.717) is 5.84 Å². The second-order valence-corrected chi connectivity index (χ2v) is 4.31. The van der Waals surface area contributed by atoms with Crippen molar-refractivity contribution in [3.8, 4) is 0 Å². The van der Waals surface area contributed by atoms with Crippen LogP contribution in [0.2, 0.25) is 0 Å². The molecule has 0 amide bonds. The molecular formula is C9H11BrN2S. The van der Waals surface area contributed by atoms with Gasteiger partial charge in [0.15, 0.2) is 0 Å². The number of thioether (sulfide) groups is 1. The highest BCUT2D eigenvalue weighted by molar-refractivity contribution is 9.10. The fraction of sp³-hybridized carbons (Fsp3) is 0.222. The third kappa shape index (κ3) is 3.40. The molecule has 1 aromatic carbocycles. The first kappa shape index (κ1) is 10.6. The summed E-state index contributed by atoms with van der Waals surface area (Å²) in [6.45, 7) is 0. The Hall–Kier alpha value is -0.480. The number of hydrogen-bond donors (Lipinski definition) is 1. The third-order valence-corrected chi connectivity index (χ3v) is 3.56. The summed E-state index contributed by atoms with van der Waals surface area (Å²) in [4.78, 5) is 5.08. The molecule has 0 saturated carbocycles. The Morgan fingerprint density at radius 2 is 2.23 bits per heavy atom. The minimum absolute atomic E-state index is 0.667. The zero-order chi connectivity index (χ0) is 9.68. The molecule has 0 heterocycles. The van der Waals surface area contributed by atoms with Crippen LogP contribution in [0.5, 0.6) is 0 Å². The van der Waals surface area contributed by atoms with Gasteiger partial charge >= 0.3 is 0 Å². The highest BCUT2D eigenvalue weighted by atomic mass is 79.9. The maximum absolute atomic E-state index is 5.58. The maximum atomic E-state index is 5.58. The summed E-state index contributed by atoms with van der Waals surface area (Å²) in [6, 6.07) is 8.07. The van der Waals surface area contributed by atoms with Crippen LogP contribution in [0.25, 0.3) is 0 Å². The largest absolute Gasteiger partial charge is 0.387 e. The molecule has 4 heteroatoms. The first-order chi connectivity index (χ1) is 6.24. The average Bonchev–Trinajstić information content (AvgIpc) is 2.16. The standard InChI is InChI=1S/C9H11BrN2S/c1-12-9(11)6-13-8-5-3-2-4-7(8)10/h2-5H,6H2,1H3,(H2,11,12). The van der Waals surface area contributed by atoms with E-state index in [1.54, 1.807) is 18.8 Å². The molecule has 2 N–H and O–H groups in total. The predicted octanol–water partition coefficient (Wildman–Crippen LogP) is 2.53. The minimum atomic E-state index is 0.667. The SMILES string of the molecule is CN=C(N)CSc1ccccc1Br. The van der Waals surface area contributed by atoms with Crippen molar-refractivity contribution in [3.63, 3.8) is 0 Å². The Bertz CT molecular complexity index is 312. The summed E-state index contributed by atoms with van der Waals surface area (Å²) >= 11 is 5.14. The van der Waals surface area contributed by atoms with E-state index in [1.807, 2.05) is 18.2 Å². The molecule has 13 heavy (non-hydrogen) atoms. The normalized spacial score (nSPS) is 11.7. The van der Waals surface area contributed by atoms with Crippen LogP contribution in [0, 0.1) is 0 Å². The molecule has 0 saturated heterocycles. The summed E-state index contributed by atoms with van der Waals surface area (Å²) in [7, 11) is 1.70. The number of benzene rings is 1. The van der Waals surface area contributed by atoms with Crippen molar-refractivity contribution in [3.05, 3.63) is 28.7 Å². The molecule has 0 aliphatic rings. The Balaban J connectivity index is 2.60. The first-order valence-corrected chi connectivity index (χ1v) is 5.60. The lowest BCUT2D eigenvalue weighted by Crippen LogP contribution is -2.13. The highest BCUT2D eigenvalue weighted by Crippen LogP contribution is 2.26. The van der Waals surface area contributed by atoms with E-state index in [1.165, 1.54) is 4.90 Å². The van der Waals surface area contributed by atoms with Crippen LogP contribution in [-0.4, -0.2) is 18.6 Å². The van der Waals surface area contributed by atoms with Gasteiger partial charge in [-0.1, -0.05) is 12.1 Å². The molecule has 0 aromatic heterocycles. The van der Waals surface area contributed by atoms with Crippen molar-refractivity contribution in [2.75, 3.05) is 12.8 Å². The van der Waals surface area contributed by atoms with Crippen LogP contribution in [0.15, 0.2) is 38.6 Å². The predicted molar refractivity (Wildman–Crippen MR) is 62.4 cm³/mol. The molecule has 0 bridgehead atoms. The first-order valence-electron chi connectivity index (χ1n) is 3.82. The van der Waals surface area contributed by atoms with Gasteiger partial charge in [0.25, 0.3) is 0 Å². The van der Waals surface area contributed by atoms with Crippen molar-refractivity contribution in [2.45, 2.75) is 4.90 Å². The van der Waals surface area contributed by atoms with E-state index >= 15 is 0 Å². The van der Waals surface area contributed by atoms with Crippen molar-refractivity contribution < 1.29 is 0 Å². The summed E-state index contributed by atoms with van der Waals surface area (Å²) in [5.41, 5.74) is 5.58. The van der Waals surface area contributed by atoms with Gasteiger partial charge in [-0.25, -0.2) is 0 Å². The lowest BCUT2D eigenvalue weighted by atomic mass is 10.4. The van der Waals surface area contributed by atoms with Crippen molar-refractivity contribution >= 4 is 33.5 Å². The second kappa shape index (κ2) is 5.29. The molecule has 70 valence electrons. The topological polar surface area (TPSA) is 38.4 Å². The third-order valence-electron chi connectivity index (χ3n) is 1.50. The fourth-order valence-corrected chi connectivity index (χ4v) is 2.22.